The first-order chi connectivity index (χ1) is 84.6. The van der Waals surface area contributed by atoms with Crippen LogP contribution >= 0.6 is 0 Å². The predicted molar refractivity (Wildman–Crippen MR) is 607 cm³/mol. The molecule has 0 amide bonds. The minimum atomic E-state index is -2.50. The molecular weight excluding hydrogens is 2520 g/mol. The third kappa shape index (κ3) is 42.6. The first-order valence-electron chi connectivity index (χ1n) is 63.2. The first kappa shape index (κ1) is 78.4. The van der Waals surface area contributed by atoms with Crippen LogP contribution < -0.4 is 0 Å². The molecule has 9 aromatic heterocycles. The zero-order valence-electron chi connectivity index (χ0n) is 116. The Hall–Kier alpha value is -14.0. The van der Waals surface area contributed by atoms with Crippen LogP contribution in [0.4, 0.5) is 0 Å². The number of rotatable bonds is 14. The van der Waals surface area contributed by atoms with Crippen LogP contribution in [0.2, 0.25) is 0 Å². The van der Waals surface area contributed by atoms with Crippen LogP contribution in [0.1, 0.15) is 215 Å². The molecule has 2 fully saturated rings. The number of benzene rings is 8. The molecule has 758 valence electrons. The van der Waals surface area contributed by atoms with Crippen LogP contribution in [0.5, 0.6) is 0 Å². The third-order valence-electron chi connectivity index (χ3n) is 20.4. The van der Waals surface area contributed by atoms with E-state index in [1.165, 1.54) is 69.8 Å². The van der Waals surface area contributed by atoms with Gasteiger partial charge in [0.25, 0.3) is 0 Å². The summed E-state index contributed by atoms with van der Waals surface area (Å²) >= 11 is 0. The van der Waals surface area contributed by atoms with Gasteiger partial charge in [0.2, 0.25) is 0 Å². The van der Waals surface area contributed by atoms with Crippen molar-refractivity contribution in [1.29, 1.82) is 0 Å². The van der Waals surface area contributed by atoms with Gasteiger partial charge in [-0.25, -0.2) is 11.4 Å². The van der Waals surface area contributed by atoms with Crippen molar-refractivity contribution in [2.75, 3.05) is 0 Å². The van der Waals surface area contributed by atoms with Gasteiger partial charge in [0.1, 0.15) is 22.3 Å². The van der Waals surface area contributed by atoms with Gasteiger partial charge in [-0.3, -0.25) is 15.0 Å². The first-order valence-corrected chi connectivity index (χ1v) is 45.3. The molecule has 21 rings (SSSR count). The summed E-state index contributed by atoms with van der Waals surface area (Å²) in [4.78, 5) is 23.6. The van der Waals surface area contributed by atoms with Gasteiger partial charge in [-0.1, -0.05) is 257 Å². The Bertz CT molecular complexity index is 8950. The monoisotopic (exact) mass is 2690 g/mol. The summed E-state index contributed by atoms with van der Waals surface area (Å²) in [6, 6.07) is 60.9. The number of hydrogen-bond acceptors (Lipinski definition) is 10. The number of fused-ring (bicyclic) bond motifs is 10. The van der Waals surface area contributed by atoms with E-state index in [2.05, 4.69) is 129 Å². The van der Waals surface area contributed by atoms with E-state index >= 15 is 0 Å². The van der Waals surface area contributed by atoms with Gasteiger partial charge in [0.15, 0.2) is 0 Å². The van der Waals surface area contributed by atoms with Gasteiger partial charge < -0.3 is 43.4 Å². The van der Waals surface area contributed by atoms with E-state index in [9.17, 15) is 10.8 Å². The molecule has 3 aliphatic carbocycles. The van der Waals surface area contributed by atoms with E-state index in [0.717, 1.165) is 125 Å². The van der Waals surface area contributed by atoms with Crippen LogP contribution in [-0.2, 0) is 80.4 Å². The Morgan fingerprint density at radius 1 is 0.571 bits per heavy atom. The fourth-order valence-electron chi connectivity index (χ4n) is 13.5. The van der Waals surface area contributed by atoms with E-state index in [-0.39, 0.29) is 197 Å². The number of hydrogen-bond donors (Lipinski definition) is 0. The van der Waals surface area contributed by atoms with E-state index < -0.39 is 119 Å². The van der Waals surface area contributed by atoms with Crippen LogP contribution in [0.25, 0.3) is 104 Å². The summed E-state index contributed by atoms with van der Waals surface area (Å²) < 4.78 is 284. The number of allylic oxidation sites excluding steroid dienone is 19. The van der Waals surface area contributed by atoms with Gasteiger partial charge in [0.05, 0.1) is 38.0 Å². The smallest absolute Gasteiger partial charge is 0.855 e. The summed E-state index contributed by atoms with van der Waals surface area (Å²) in [6.45, 7) is 9.13. The van der Waals surface area contributed by atoms with Crippen molar-refractivity contribution in [1.82, 2.24) is 24.9 Å². The summed E-state index contributed by atoms with van der Waals surface area (Å²) in [5.41, 5.74) is 7.39. The third-order valence-corrected chi connectivity index (χ3v) is 20.4. The largest absolute Gasteiger partial charge is 3.00 e. The molecule has 2 saturated carbocycles. The quantitative estimate of drug-likeness (QED) is 0.0583. The number of aryl methyl sites for hydroxylation is 3. The molecular formula is C131H130Ir4N8O4-4. The van der Waals surface area contributed by atoms with E-state index in [0.29, 0.717) is 34.4 Å². The van der Waals surface area contributed by atoms with E-state index in [1.807, 2.05) is 128 Å². The van der Waals surface area contributed by atoms with Crippen LogP contribution in [-0.4, -0.2) is 42.1 Å². The van der Waals surface area contributed by atoms with Crippen molar-refractivity contribution in [3.05, 3.63) is 550 Å². The molecule has 1 aliphatic heterocycles. The molecule has 2 radical (unpaired) electrons. The number of para-hydroxylation sites is 4. The maximum atomic E-state index is 10.3. The van der Waals surface area contributed by atoms with Crippen LogP contribution in [0, 0.1) is 83.3 Å². The summed E-state index contributed by atoms with van der Waals surface area (Å²) in [5.74, 6) is -0.477. The molecule has 12 nitrogen and oxygen atoms in total. The molecule has 0 spiro atoms. The fourth-order valence-corrected chi connectivity index (χ4v) is 13.5. The molecule has 17 aromatic rings. The van der Waals surface area contributed by atoms with Gasteiger partial charge in [-0.15, -0.1) is 114 Å². The molecule has 0 bridgehead atoms. The zero-order chi connectivity index (χ0) is 131. The van der Waals surface area contributed by atoms with Gasteiger partial charge in [-0.2, -0.15) is 122 Å². The number of pyridine rings is 5. The summed E-state index contributed by atoms with van der Waals surface area (Å²) in [5, 5.41) is 25.1. The van der Waals surface area contributed by atoms with E-state index in [4.69, 9.17) is 65.6 Å². The minimum Gasteiger partial charge on any atom is -0.855 e. The number of nitrogens with zero attached hydrogens (tertiary/aromatic N) is 8. The van der Waals surface area contributed by atoms with Gasteiger partial charge in [-0.05, 0) is 182 Å². The summed E-state index contributed by atoms with van der Waals surface area (Å²) in [7, 11) is -1.42. The van der Waals surface area contributed by atoms with Crippen molar-refractivity contribution in [2.24, 2.45) is 4.99 Å². The van der Waals surface area contributed by atoms with Crippen molar-refractivity contribution >= 4 is 99.5 Å². The predicted octanol–water partition coefficient (Wildman–Crippen LogP) is 35.9. The summed E-state index contributed by atoms with van der Waals surface area (Å²) in [6.07, 6.45) is 53.3. The Balaban J connectivity index is 0.000000424. The van der Waals surface area contributed by atoms with Crippen molar-refractivity contribution < 1.29 is 147 Å². The van der Waals surface area contributed by atoms with Crippen molar-refractivity contribution in [3.63, 3.8) is 0 Å². The zero-order valence-corrected chi connectivity index (χ0v) is 90.3. The second-order valence-corrected chi connectivity index (χ2v) is 30.5. The standard InChI is InChI=1S/C18H14NO.C18H17O.2C17H11NO.C14H16N.C11H10N.2C6H7N.C6H12.2C6H7.C5H5N.CH4.4Ir.H2/c1-14-9-10-17(19-13-14)15-6-4-5-11-20-18-8-3-2-7-16(18)12-15;1-2-7-13(8-3-1)14-10-6-11-16-15-9-4-5-12-17(15)19-18(14)16;2*1-2-3-7-15(18)12-9-10-14-13-6-4-5-8-16(13)19-17(14)11-12;1-10-4-6-13(7-5-10)14-8-11(2)12(3)9-15-14;1-2-6-10(7-3-1)11-8-4-5-9-12-11;1-6-2-4-7-5-3-6;1-6-3-2-4-7-5-6;1-2-4-6-5-3-1;2*1-3-5-6-4-2;1-2-4-6-5-3-1;;;;;;/h2-5,7-13H,1H3;4,6,9-13H,1-3,7-8H2;2-8,10-11H,1H2;2-10H,1H2;4,6-9H,5H2,1-3H3;1-3,5-6,9H,4,8H2;2*2-5H,1H3;1-6H2;2*3-5H,1-2H2;1-5H;1H4;;;;;1H/q2*-1;2*-2;2*-1;;;;2*-1;;;;;2*+3;/b;;2*7-3-;;;;;;;;;;;;;;/i1D3,9D,10D;13D;1D,3D,4D,5D,6D,7D,8D,10D,11D;1D,2D,3D,7D;1D3,3D3,8D,9D;;;1D3,2D,3D;;;;;1D3;;;;;1+1/b;;2*2-1?,7-3-;;;;;;;;;;;;;;. The van der Waals surface area contributed by atoms with Gasteiger partial charge >= 0.3 is 40.2 Å². The Kier molecular flexibility index (Phi) is 38.1. The SMILES string of the molecule is C1CCCCC1.C=C[C-]=CC=C.C=C[C-]=CC=C.Cc1ccncc1.[2HH].[2H]C([2H])[2H].[2H]C1(c2cccc3c2oc2c[c-]ccc23)CCCCC1.[2H]C=C([2H])/C([2H])=C(/[2H])C(=[N-])c1[c-]c2oc3ccccc3c2cc1.[2H]C=C/C([2H])=C(/[2H])C(=[N-])c1[c-]c([2H])c2c(oc3c([2H])c([2H])c([2H])c([2H])c32)c1[2H].[2H]c1c(C([2H])([2H])[2H])cnc(-c2[c-]cccoc3ccccc3c2)c1[2H].[2H]c1cncc(C([2H])([2H])[2H])c1[2H].[2H]c1nc(C2=CC=C(C([2H])([2H])[2H])C[CH-]2)c([2H])c(C)c1C([2H])([2H])[2H].[Ir+3].[Ir+3].[Ir].[Ir].[c-]1ccccc1C1=NC=CCC1.c1ccncc1. The topological polar surface area (TPSA) is 174 Å². The molecule has 0 N–H and O–H groups in total. The molecule has 0 atom stereocenters. The average Bonchev–Trinajstić information content (AvgIpc) is 1.57. The van der Waals surface area contributed by atoms with Crippen molar-refractivity contribution in [2.45, 2.75) is 144 Å². The second-order valence-electron chi connectivity index (χ2n) is 30.5. The Morgan fingerprint density at radius 3 is 1.93 bits per heavy atom. The minimum absolute atomic E-state index is 0. The molecule has 0 saturated heterocycles. The molecule has 10 heterocycles. The van der Waals surface area contributed by atoms with E-state index in [1.54, 1.807) is 104 Å². The van der Waals surface area contributed by atoms with Crippen LogP contribution in [0.15, 0.2) is 457 Å². The molecule has 0 unspecified atom stereocenters. The Labute approximate surface area is 976 Å². The average molecular weight is 2690 g/mol. The second kappa shape index (κ2) is 71.5. The number of aliphatic imine (C=N–C) groups is 1. The maximum Gasteiger partial charge on any atom is 3.00 e. The maximum absolute atomic E-state index is 10.3. The number of aromatic nitrogens is 5. The molecule has 8 aromatic carbocycles. The van der Waals surface area contributed by atoms with Crippen LogP contribution in [0.3, 0.4) is 0 Å². The molecule has 4 aliphatic rings. The fraction of sp³-hybridized carbons (Fsp3) is 0.168. The molecule has 147 heavy (non-hydrogen) atoms. The Morgan fingerprint density at radius 2 is 1.27 bits per heavy atom. The van der Waals surface area contributed by atoms with Gasteiger partial charge in [0, 0.05) is 136 Å². The van der Waals surface area contributed by atoms with Crippen molar-refractivity contribution in [3.8, 4) is 11.3 Å². The molecule has 16 heteroatoms. The number of furan rings is 3. The normalized spacial score (nSPS) is 16.7.